The lowest BCUT2D eigenvalue weighted by Gasteiger charge is -2.37. The molecule has 0 spiro atoms. The number of nitrogens with zero attached hydrogens (tertiary/aromatic N) is 1. The highest BCUT2D eigenvalue weighted by atomic mass is 35.5. The lowest BCUT2D eigenvalue weighted by Crippen LogP contribution is -2.29. The number of rotatable bonds is 2. The molecule has 0 amide bonds. The van der Waals surface area contributed by atoms with E-state index in [9.17, 15) is 10.1 Å². The van der Waals surface area contributed by atoms with Gasteiger partial charge in [0.15, 0.2) is 0 Å². The van der Waals surface area contributed by atoms with E-state index in [2.05, 4.69) is 29.6 Å². The van der Waals surface area contributed by atoms with Crippen molar-refractivity contribution in [3.63, 3.8) is 0 Å². The van der Waals surface area contributed by atoms with Gasteiger partial charge < -0.3 is 5.32 Å². The first-order valence-corrected chi connectivity index (χ1v) is 7.99. The zero-order valence-electron chi connectivity index (χ0n) is 12.3. The van der Waals surface area contributed by atoms with Crippen LogP contribution in [-0.2, 0) is 0 Å². The lowest BCUT2D eigenvalue weighted by atomic mass is 9.76. The number of hydrogen-bond donors (Lipinski definition) is 1. The summed E-state index contributed by atoms with van der Waals surface area (Å²) in [6.45, 7) is 0. The Morgan fingerprint density at radius 2 is 1.96 bits per heavy atom. The van der Waals surface area contributed by atoms with E-state index >= 15 is 0 Å². The van der Waals surface area contributed by atoms with Gasteiger partial charge >= 0.3 is 0 Å². The molecule has 2 aromatic rings. The number of benzene rings is 2. The molecule has 0 aromatic heterocycles. The average Bonchev–Trinajstić information content (AvgIpc) is 3.05. The van der Waals surface area contributed by atoms with Crippen molar-refractivity contribution in [2.45, 2.75) is 18.4 Å². The van der Waals surface area contributed by atoms with E-state index in [-0.39, 0.29) is 28.5 Å². The van der Waals surface area contributed by atoms with Crippen molar-refractivity contribution < 1.29 is 4.92 Å². The summed E-state index contributed by atoms with van der Waals surface area (Å²) in [5.41, 5.74) is 2.74. The van der Waals surface area contributed by atoms with E-state index in [0.29, 0.717) is 16.3 Å². The van der Waals surface area contributed by atoms with E-state index in [1.165, 1.54) is 11.6 Å². The molecule has 2 aromatic carbocycles. The minimum absolute atomic E-state index is 0.0237. The van der Waals surface area contributed by atoms with Crippen molar-refractivity contribution in [2.75, 3.05) is 5.32 Å². The highest BCUT2D eigenvalue weighted by molar-refractivity contribution is 6.33. The van der Waals surface area contributed by atoms with Gasteiger partial charge in [0.05, 0.1) is 27.2 Å². The van der Waals surface area contributed by atoms with Gasteiger partial charge in [-0.25, -0.2) is 0 Å². The zero-order chi connectivity index (χ0) is 16.0. The number of fused-ring (bicyclic) bond motifs is 3. The highest BCUT2D eigenvalue weighted by Crippen LogP contribution is 2.54. The minimum Gasteiger partial charge on any atom is -0.376 e. The summed E-state index contributed by atoms with van der Waals surface area (Å²) in [6, 6.07) is 13.4. The number of anilines is 1. The molecule has 1 N–H and O–H groups in total. The van der Waals surface area contributed by atoms with E-state index in [1.54, 1.807) is 6.07 Å². The van der Waals surface area contributed by atoms with Gasteiger partial charge in [0.25, 0.3) is 5.69 Å². The maximum absolute atomic E-state index is 11.4. The Morgan fingerprint density at radius 1 is 1.17 bits per heavy atom. The van der Waals surface area contributed by atoms with Crippen molar-refractivity contribution >= 4 is 23.0 Å². The SMILES string of the molecule is O=[N+]([O-])c1ccc(Cl)c2c1[C@@H]1C=CC[C@@H]1[C@H](c1ccccc1)N2. The number of allylic oxidation sites excluding steroid dienone is 2. The van der Waals surface area contributed by atoms with Crippen molar-refractivity contribution in [1.82, 2.24) is 0 Å². The normalized spacial score (nSPS) is 24.7. The predicted molar refractivity (Wildman–Crippen MR) is 90.9 cm³/mol. The quantitative estimate of drug-likeness (QED) is 0.476. The molecule has 1 aliphatic heterocycles. The van der Waals surface area contributed by atoms with Crippen LogP contribution in [0, 0.1) is 16.0 Å². The van der Waals surface area contributed by atoms with Gasteiger partial charge in [-0.2, -0.15) is 0 Å². The highest BCUT2D eigenvalue weighted by Gasteiger charge is 2.42. The van der Waals surface area contributed by atoms with Gasteiger partial charge in [0.1, 0.15) is 0 Å². The molecule has 0 bridgehead atoms. The van der Waals surface area contributed by atoms with Crippen molar-refractivity contribution in [2.24, 2.45) is 5.92 Å². The third-order valence-electron chi connectivity index (χ3n) is 4.80. The summed E-state index contributed by atoms with van der Waals surface area (Å²) in [4.78, 5) is 11.1. The second-order valence-corrected chi connectivity index (χ2v) is 6.41. The summed E-state index contributed by atoms with van der Waals surface area (Å²) < 4.78 is 0. The summed E-state index contributed by atoms with van der Waals surface area (Å²) in [6.07, 6.45) is 5.11. The Balaban J connectivity index is 1.89. The summed E-state index contributed by atoms with van der Waals surface area (Å²) in [7, 11) is 0. The Labute approximate surface area is 138 Å². The summed E-state index contributed by atoms with van der Waals surface area (Å²) >= 11 is 6.35. The van der Waals surface area contributed by atoms with E-state index in [1.807, 2.05) is 18.2 Å². The first-order valence-electron chi connectivity index (χ1n) is 7.61. The number of hydrogen-bond acceptors (Lipinski definition) is 3. The van der Waals surface area contributed by atoms with Crippen molar-refractivity contribution in [1.29, 1.82) is 0 Å². The van der Waals surface area contributed by atoms with Crippen LogP contribution in [0.25, 0.3) is 0 Å². The average molecular weight is 327 g/mol. The molecule has 0 radical (unpaired) electrons. The minimum atomic E-state index is -0.317. The smallest absolute Gasteiger partial charge is 0.275 e. The number of nitrogens with one attached hydrogen (secondary N) is 1. The summed E-state index contributed by atoms with van der Waals surface area (Å²) in [5.74, 6) is 0.289. The largest absolute Gasteiger partial charge is 0.376 e. The molecule has 23 heavy (non-hydrogen) atoms. The molecule has 3 atom stereocenters. The Kier molecular flexibility index (Phi) is 3.34. The van der Waals surface area contributed by atoms with Gasteiger partial charge in [-0.05, 0) is 24.0 Å². The fourth-order valence-electron chi connectivity index (χ4n) is 3.80. The van der Waals surface area contributed by atoms with Crippen LogP contribution < -0.4 is 5.32 Å². The van der Waals surface area contributed by atoms with E-state index in [4.69, 9.17) is 11.6 Å². The molecule has 1 heterocycles. The number of halogens is 1. The zero-order valence-corrected chi connectivity index (χ0v) is 13.0. The lowest BCUT2D eigenvalue weighted by molar-refractivity contribution is -0.385. The number of nitro benzene ring substituents is 1. The second kappa shape index (κ2) is 5.39. The van der Waals surface area contributed by atoms with Gasteiger partial charge in [0.2, 0.25) is 0 Å². The van der Waals surface area contributed by atoms with Crippen LogP contribution in [0.2, 0.25) is 5.02 Å². The van der Waals surface area contributed by atoms with Crippen LogP contribution in [0.1, 0.15) is 29.5 Å². The molecule has 0 saturated carbocycles. The first-order chi connectivity index (χ1) is 11.2. The molecule has 0 unspecified atom stereocenters. The van der Waals surface area contributed by atoms with E-state index in [0.717, 1.165) is 6.42 Å². The molecular weight excluding hydrogens is 312 g/mol. The van der Waals surface area contributed by atoms with Gasteiger partial charge in [-0.3, -0.25) is 10.1 Å². The second-order valence-electron chi connectivity index (χ2n) is 6.00. The molecule has 5 heteroatoms. The fourth-order valence-corrected chi connectivity index (χ4v) is 4.02. The molecule has 2 aliphatic rings. The standard InChI is InChI=1S/C18H15ClN2O2/c19-14-9-10-15(21(22)23)16-12-7-4-8-13(12)17(20-18(14)16)11-5-2-1-3-6-11/h1-7,9-10,12-13,17,20H,8H2/t12-,13+,17+/m1/s1. The topological polar surface area (TPSA) is 55.2 Å². The van der Waals surface area contributed by atoms with Crippen LogP contribution in [0.4, 0.5) is 11.4 Å². The molecule has 116 valence electrons. The first kappa shape index (κ1) is 14.3. The Morgan fingerprint density at radius 3 is 2.70 bits per heavy atom. The Bertz CT molecular complexity index is 804. The molecular formula is C18H15ClN2O2. The number of nitro groups is 1. The predicted octanol–water partition coefficient (Wildman–Crippen LogP) is 5.07. The van der Waals surface area contributed by atoms with Crippen molar-refractivity contribution in [3.05, 3.63) is 80.9 Å². The molecule has 0 saturated heterocycles. The maximum atomic E-state index is 11.4. The van der Waals surface area contributed by atoms with Crippen molar-refractivity contribution in [3.8, 4) is 0 Å². The third kappa shape index (κ3) is 2.21. The fraction of sp³-hybridized carbons (Fsp3) is 0.222. The van der Waals surface area contributed by atoms with E-state index < -0.39 is 0 Å². The Hall–Kier alpha value is -2.33. The molecule has 4 rings (SSSR count). The summed E-state index contributed by atoms with van der Waals surface area (Å²) in [5, 5.41) is 15.4. The molecule has 0 fully saturated rings. The van der Waals surface area contributed by atoms with Gasteiger partial charge in [-0.15, -0.1) is 0 Å². The van der Waals surface area contributed by atoms with Crippen LogP contribution in [-0.4, -0.2) is 4.92 Å². The monoisotopic (exact) mass is 326 g/mol. The van der Waals surface area contributed by atoms with Gasteiger partial charge in [0, 0.05) is 12.0 Å². The van der Waals surface area contributed by atoms with Crippen LogP contribution in [0.5, 0.6) is 0 Å². The van der Waals surface area contributed by atoms with Gasteiger partial charge in [-0.1, -0.05) is 54.1 Å². The van der Waals surface area contributed by atoms with Crippen LogP contribution >= 0.6 is 11.6 Å². The van der Waals surface area contributed by atoms with Crippen LogP contribution in [0.3, 0.4) is 0 Å². The third-order valence-corrected chi connectivity index (χ3v) is 5.12. The van der Waals surface area contributed by atoms with Crippen LogP contribution in [0.15, 0.2) is 54.6 Å². The molecule has 1 aliphatic carbocycles. The maximum Gasteiger partial charge on any atom is 0.275 e. The molecule has 4 nitrogen and oxygen atoms in total.